The number of esters is 2. The smallest absolute Gasteiger partial charge is 0.390 e. The minimum atomic E-state index is -0.841. The lowest BCUT2D eigenvalue weighted by atomic mass is 10.1. The van der Waals surface area contributed by atoms with Crippen LogP contribution in [-0.2, 0) is 14.3 Å². The molecule has 1 aromatic carbocycles. The standard InChI is InChI=1S/C18H20N4O7/c1-5-14(21-10(2)6-15(20-21)22(26)27)16(23)19-13-8-11(17(24)28-3)7-12(9-13)18(25)29-4/h6-9,14H,5H2,1-4H3,(H,19,23). The Morgan fingerprint density at radius 3 is 2.10 bits per heavy atom. The number of methoxy groups -OCH3 is 2. The number of nitro groups is 1. The van der Waals surface area contributed by atoms with Gasteiger partial charge in [0.05, 0.1) is 42.2 Å². The third-order valence-electron chi connectivity index (χ3n) is 4.12. The van der Waals surface area contributed by atoms with Crippen LogP contribution in [0.15, 0.2) is 24.3 Å². The Kier molecular flexibility index (Phi) is 6.65. The predicted octanol–water partition coefficient (Wildman–Crippen LogP) is 2.26. The number of nitrogens with zero attached hydrogens (tertiary/aromatic N) is 3. The van der Waals surface area contributed by atoms with Crippen molar-refractivity contribution in [2.75, 3.05) is 19.5 Å². The molecular formula is C18H20N4O7. The van der Waals surface area contributed by atoms with Gasteiger partial charge in [-0.05, 0) is 36.5 Å². The molecule has 0 saturated carbocycles. The van der Waals surface area contributed by atoms with Crippen LogP contribution in [0.3, 0.4) is 0 Å². The molecule has 0 saturated heterocycles. The number of nitrogens with one attached hydrogen (secondary N) is 1. The molecule has 2 aromatic rings. The summed E-state index contributed by atoms with van der Waals surface area (Å²) in [4.78, 5) is 46.8. The van der Waals surface area contributed by atoms with Gasteiger partial charge < -0.3 is 24.9 Å². The number of aryl methyl sites for hydroxylation is 1. The lowest BCUT2D eigenvalue weighted by Gasteiger charge is -2.15. The minimum absolute atomic E-state index is 0.0460. The number of anilines is 1. The van der Waals surface area contributed by atoms with E-state index in [4.69, 9.17) is 0 Å². The van der Waals surface area contributed by atoms with Gasteiger partial charge in [0, 0.05) is 5.69 Å². The Bertz CT molecular complexity index is 933. The van der Waals surface area contributed by atoms with Gasteiger partial charge in [-0.25, -0.2) is 9.59 Å². The van der Waals surface area contributed by atoms with Crippen molar-refractivity contribution in [3.8, 4) is 0 Å². The molecule has 1 amide bonds. The van der Waals surface area contributed by atoms with Crippen LogP contribution in [0.25, 0.3) is 0 Å². The zero-order chi connectivity index (χ0) is 21.7. The average Bonchev–Trinajstić information content (AvgIpc) is 3.08. The molecule has 0 fully saturated rings. The van der Waals surface area contributed by atoms with E-state index < -0.39 is 28.8 Å². The highest BCUT2D eigenvalue weighted by molar-refractivity contribution is 6.00. The second-order valence-electron chi connectivity index (χ2n) is 6.04. The summed E-state index contributed by atoms with van der Waals surface area (Å²) in [5.41, 5.74) is 0.697. The summed E-state index contributed by atoms with van der Waals surface area (Å²) in [6, 6.07) is 4.41. The number of hydrogen-bond acceptors (Lipinski definition) is 8. The van der Waals surface area contributed by atoms with Crippen LogP contribution < -0.4 is 5.32 Å². The van der Waals surface area contributed by atoms with Crippen molar-refractivity contribution >= 4 is 29.4 Å². The maximum atomic E-state index is 12.8. The summed E-state index contributed by atoms with van der Waals surface area (Å²) < 4.78 is 10.6. The SMILES string of the molecule is CCC(C(=O)Nc1cc(C(=O)OC)cc(C(=O)OC)c1)n1nc([N+](=O)[O-])cc1C. The number of amides is 1. The summed E-state index contributed by atoms with van der Waals surface area (Å²) in [5.74, 6) is -2.28. The molecule has 1 heterocycles. The first-order valence-electron chi connectivity index (χ1n) is 8.54. The monoisotopic (exact) mass is 404 g/mol. The van der Waals surface area contributed by atoms with Crippen molar-refractivity contribution in [2.24, 2.45) is 0 Å². The molecule has 0 bridgehead atoms. The average molecular weight is 404 g/mol. The molecule has 0 radical (unpaired) electrons. The molecule has 11 heteroatoms. The lowest BCUT2D eigenvalue weighted by Crippen LogP contribution is -2.27. The maximum Gasteiger partial charge on any atom is 0.390 e. The number of carbonyl (C=O) groups excluding carboxylic acids is 3. The normalized spacial score (nSPS) is 11.4. The minimum Gasteiger partial charge on any atom is -0.465 e. The van der Waals surface area contributed by atoms with Crippen molar-refractivity contribution in [1.82, 2.24) is 9.78 Å². The second kappa shape index (κ2) is 8.95. The van der Waals surface area contributed by atoms with Crippen LogP contribution in [0.2, 0.25) is 0 Å². The van der Waals surface area contributed by atoms with Crippen LogP contribution in [0, 0.1) is 17.0 Å². The van der Waals surface area contributed by atoms with E-state index in [1.165, 1.54) is 43.2 Å². The third kappa shape index (κ3) is 4.75. The first kappa shape index (κ1) is 21.5. The van der Waals surface area contributed by atoms with Crippen LogP contribution >= 0.6 is 0 Å². The molecule has 1 N–H and O–H groups in total. The Labute approximate surface area is 165 Å². The number of hydrogen-bond donors (Lipinski definition) is 1. The fourth-order valence-electron chi connectivity index (χ4n) is 2.74. The van der Waals surface area contributed by atoms with E-state index in [0.717, 1.165) is 0 Å². The number of benzene rings is 1. The van der Waals surface area contributed by atoms with Gasteiger partial charge in [-0.2, -0.15) is 4.68 Å². The van der Waals surface area contributed by atoms with Gasteiger partial charge in [0.25, 0.3) is 5.91 Å². The molecule has 11 nitrogen and oxygen atoms in total. The highest BCUT2D eigenvalue weighted by Gasteiger charge is 2.27. The summed E-state index contributed by atoms with van der Waals surface area (Å²) in [5, 5.41) is 17.4. The molecule has 0 aliphatic rings. The van der Waals surface area contributed by atoms with Crippen molar-refractivity contribution in [2.45, 2.75) is 26.3 Å². The van der Waals surface area contributed by atoms with Gasteiger partial charge >= 0.3 is 17.8 Å². The predicted molar refractivity (Wildman–Crippen MR) is 101 cm³/mol. The van der Waals surface area contributed by atoms with Crippen LogP contribution in [0.4, 0.5) is 11.5 Å². The Hall–Kier alpha value is -3.76. The van der Waals surface area contributed by atoms with E-state index in [2.05, 4.69) is 19.9 Å². The van der Waals surface area contributed by atoms with E-state index in [0.29, 0.717) is 12.1 Å². The van der Waals surface area contributed by atoms with Gasteiger partial charge in [-0.1, -0.05) is 6.92 Å². The summed E-state index contributed by atoms with van der Waals surface area (Å²) >= 11 is 0. The van der Waals surface area contributed by atoms with Gasteiger partial charge in [0.15, 0.2) is 6.04 Å². The Balaban J connectivity index is 2.38. The Morgan fingerprint density at radius 1 is 1.14 bits per heavy atom. The maximum absolute atomic E-state index is 12.8. The van der Waals surface area contributed by atoms with E-state index >= 15 is 0 Å². The molecule has 1 aromatic heterocycles. The number of ether oxygens (including phenoxy) is 2. The van der Waals surface area contributed by atoms with E-state index in [1.807, 2.05) is 0 Å². The van der Waals surface area contributed by atoms with E-state index in [-0.39, 0.29) is 22.6 Å². The zero-order valence-corrected chi connectivity index (χ0v) is 16.3. The van der Waals surface area contributed by atoms with Gasteiger partial charge in [-0.15, -0.1) is 0 Å². The number of carbonyl (C=O) groups is 3. The number of aromatic nitrogens is 2. The molecule has 0 aliphatic carbocycles. The Morgan fingerprint density at radius 2 is 1.69 bits per heavy atom. The topological polar surface area (TPSA) is 143 Å². The summed E-state index contributed by atoms with van der Waals surface area (Å²) in [6.45, 7) is 3.32. The highest BCUT2D eigenvalue weighted by Crippen LogP contribution is 2.22. The molecule has 0 aliphatic heterocycles. The fourth-order valence-corrected chi connectivity index (χ4v) is 2.74. The first-order chi connectivity index (χ1) is 13.7. The second-order valence-corrected chi connectivity index (χ2v) is 6.04. The number of rotatable bonds is 7. The van der Waals surface area contributed by atoms with Gasteiger partial charge in [-0.3, -0.25) is 4.79 Å². The highest BCUT2D eigenvalue weighted by atomic mass is 16.6. The van der Waals surface area contributed by atoms with Crippen molar-refractivity contribution in [1.29, 1.82) is 0 Å². The van der Waals surface area contributed by atoms with Crippen LogP contribution in [0.1, 0.15) is 45.8 Å². The molecule has 1 unspecified atom stereocenters. The molecule has 154 valence electrons. The van der Waals surface area contributed by atoms with Gasteiger partial charge in [0.1, 0.15) is 0 Å². The summed E-state index contributed by atoms with van der Waals surface area (Å²) in [6.07, 6.45) is 0.298. The van der Waals surface area contributed by atoms with E-state index in [1.54, 1.807) is 13.8 Å². The van der Waals surface area contributed by atoms with Crippen LogP contribution in [0.5, 0.6) is 0 Å². The molecule has 2 rings (SSSR count). The molecule has 29 heavy (non-hydrogen) atoms. The van der Waals surface area contributed by atoms with Crippen molar-refractivity contribution in [3.63, 3.8) is 0 Å². The van der Waals surface area contributed by atoms with Crippen molar-refractivity contribution in [3.05, 3.63) is 51.2 Å². The lowest BCUT2D eigenvalue weighted by molar-refractivity contribution is -0.389. The third-order valence-corrected chi connectivity index (χ3v) is 4.12. The van der Waals surface area contributed by atoms with Crippen molar-refractivity contribution < 1.29 is 28.8 Å². The summed E-state index contributed by atoms with van der Waals surface area (Å²) in [7, 11) is 2.37. The largest absolute Gasteiger partial charge is 0.465 e. The van der Waals surface area contributed by atoms with Gasteiger partial charge in [0.2, 0.25) is 0 Å². The zero-order valence-electron chi connectivity index (χ0n) is 16.3. The molecule has 1 atom stereocenters. The molecular weight excluding hydrogens is 384 g/mol. The van der Waals surface area contributed by atoms with Crippen LogP contribution in [-0.4, -0.2) is 46.8 Å². The molecule has 0 spiro atoms. The fraction of sp³-hybridized carbons (Fsp3) is 0.333. The van der Waals surface area contributed by atoms with E-state index in [9.17, 15) is 24.5 Å². The quantitative estimate of drug-likeness (QED) is 0.420. The first-order valence-corrected chi connectivity index (χ1v) is 8.54.